The highest BCUT2D eigenvalue weighted by atomic mass is 35.5. The van der Waals surface area contributed by atoms with Crippen molar-refractivity contribution in [3.05, 3.63) is 64.2 Å². The van der Waals surface area contributed by atoms with Gasteiger partial charge in [-0.05, 0) is 36.8 Å². The average Bonchev–Trinajstić information content (AvgIpc) is 2.60. The first kappa shape index (κ1) is 18.2. The summed E-state index contributed by atoms with van der Waals surface area (Å²) in [6, 6.07) is 5.99. The van der Waals surface area contributed by atoms with Gasteiger partial charge in [0.05, 0.1) is 11.1 Å². The highest BCUT2D eigenvalue weighted by Crippen LogP contribution is 2.38. The van der Waals surface area contributed by atoms with Gasteiger partial charge in [-0.1, -0.05) is 17.7 Å². The SMILES string of the molecule is CC(NC(=O)/C=C/c1cc(Cl)c2c(c1)OCCO2)c1ccc(F)cc1F. The molecular formula is C19H16ClF2NO3. The lowest BCUT2D eigenvalue weighted by Crippen LogP contribution is -2.25. The zero-order valence-electron chi connectivity index (χ0n) is 13.9. The van der Waals surface area contributed by atoms with E-state index in [-0.39, 0.29) is 5.56 Å². The van der Waals surface area contributed by atoms with Crippen molar-refractivity contribution in [1.29, 1.82) is 0 Å². The predicted molar refractivity (Wildman–Crippen MR) is 94.4 cm³/mol. The fourth-order valence-electron chi connectivity index (χ4n) is 2.59. The molecule has 2 aromatic carbocycles. The van der Waals surface area contributed by atoms with Crippen LogP contribution in [0.25, 0.3) is 6.08 Å². The molecule has 0 fully saturated rings. The minimum atomic E-state index is -0.708. The number of amides is 1. The monoisotopic (exact) mass is 379 g/mol. The van der Waals surface area contributed by atoms with Crippen LogP contribution in [-0.4, -0.2) is 19.1 Å². The average molecular weight is 380 g/mol. The zero-order valence-corrected chi connectivity index (χ0v) is 14.6. The molecule has 136 valence electrons. The van der Waals surface area contributed by atoms with Crippen LogP contribution in [0.15, 0.2) is 36.4 Å². The molecule has 7 heteroatoms. The maximum absolute atomic E-state index is 13.8. The van der Waals surface area contributed by atoms with Crippen LogP contribution < -0.4 is 14.8 Å². The summed E-state index contributed by atoms with van der Waals surface area (Å²) in [6.07, 6.45) is 2.87. The number of carbonyl (C=O) groups excluding carboxylic acids is 1. The maximum Gasteiger partial charge on any atom is 0.244 e. The Morgan fingerprint density at radius 2 is 2.00 bits per heavy atom. The predicted octanol–water partition coefficient (Wildman–Crippen LogP) is 4.28. The highest BCUT2D eigenvalue weighted by molar-refractivity contribution is 6.32. The largest absolute Gasteiger partial charge is 0.486 e. The molecule has 1 heterocycles. The number of halogens is 3. The Labute approximate surface area is 154 Å². The van der Waals surface area contributed by atoms with Crippen LogP contribution in [0.1, 0.15) is 24.1 Å². The molecule has 0 saturated carbocycles. The molecule has 0 bridgehead atoms. The van der Waals surface area contributed by atoms with Crippen LogP contribution in [-0.2, 0) is 4.79 Å². The second-order valence-corrected chi connectivity index (χ2v) is 6.16. The van der Waals surface area contributed by atoms with E-state index in [1.807, 2.05) is 0 Å². The van der Waals surface area contributed by atoms with E-state index in [9.17, 15) is 13.6 Å². The van der Waals surface area contributed by atoms with Crippen molar-refractivity contribution in [2.45, 2.75) is 13.0 Å². The van der Waals surface area contributed by atoms with Crippen molar-refractivity contribution in [2.75, 3.05) is 13.2 Å². The number of fused-ring (bicyclic) bond motifs is 1. The minimum absolute atomic E-state index is 0.204. The van der Waals surface area contributed by atoms with Crippen LogP contribution in [0.3, 0.4) is 0 Å². The quantitative estimate of drug-likeness (QED) is 0.806. The first-order valence-electron chi connectivity index (χ1n) is 7.96. The van der Waals surface area contributed by atoms with Crippen molar-refractivity contribution < 1.29 is 23.0 Å². The molecule has 1 aliphatic heterocycles. The Kier molecular flexibility index (Phi) is 5.42. The van der Waals surface area contributed by atoms with E-state index < -0.39 is 23.6 Å². The second-order valence-electron chi connectivity index (χ2n) is 5.76. The summed E-state index contributed by atoms with van der Waals surface area (Å²) >= 11 is 6.15. The molecular weight excluding hydrogens is 364 g/mol. The topological polar surface area (TPSA) is 47.6 Å². The van der Waals surface area contributed by atoms with E-state index in [2.05, 4.69) is 5.32 Å². The summed E-state index contributed by atoms with van der Waals surface area (Å²) in [5.41, 5.74) is 0.866. The highest BCUT2D eigenvalue weighted by Gasteiger charge is 2.16. The summed E-state index contributed by atoms with van der Waals surface area (Å²) in [7, 11) is 0. The number of benzene rings is 2. The summed E-state index contributed by atoms with van der Waals surface area (Å²) in [4.78, 5) is 12.1. The van der Waals surface area contributed by atoms with E-state index in [0.29, 0.717) is 35.3 Å². The van der Waals surface area contributed by atoms with Gasteiger partial charge < -0.3 is 14.8 Å². The second kappa shape index (κ2) is 7.74. The number of nitrogens with one attached hydrogen (secondary N) is 1. The molecule has 0 spiro atoms. The fourth-order valence-corrected chi connectivity index (χ4v) is 2.86. The number of hydrogen-bond acceptors (Lipinski definition) is 3. The Morgan fingerprint density at radius 3 is 2.77 bits per heavy atom. The molecule has 1 amide bonds. The van der Waals surface area contributed by atoms with Gasteiger partial charge in [0.25, 0.3) is 0 Å². The van der Waals surface area contributed by atoms with Crippen LogP contribution in [0.5, 0.6) is 11.5 Å². The van der Waals surface area contributed by atoms with Crippen molar-refractivity contribution in [3.63, 3.8) is 0 Å². The summed E-state index contributed by atoms with van der Waals surface area (Å²) in [5, 5.41) is 3.02. The van der Waals surface area contributed by atoms with Gasteiger partial charge in [0.1, 0.15) is 24.8 Å². The van der Waals surface area contributed by atoms with Gasteiger partial charge in [0, 0.05) is 17.7 Å². The molecule has 26 heavy (non-hydrogen) atoms. The van der Waals surface area contributed by atoms with E-state index in [4.69, 9.17) is 21.1 Å². The number of hydrogen-bond donors (Lipinski definition) is 1. The lowest BCUT2D eigenvalue weighted by atomic mass is 10.1. The van der Waals surface area contributed by atoms with E-state index in [1.54, 1.807) is 25.1 Å². The molecule has 3 rings (SSSR count). The fraction of sp³-hybridized carbons (Fsp3) is 0.211. The van der Waals surface area contributed by atoms with Crippen LogP contribution in [0.4, 0.5) is 8.78 Å². The molecule has 1 atom stereocenters. The third kappa shape index (κ3) is 4.14. The number of rotatable bonds is 4. The molecule has 0 aliphatic carbocycles. The molecule has 1 unspecified atom stereocenters. The van der Waals surface area contributed by atoms with Gasteiger partial charge in [-0.25, -0.2) is 8.78 Å². The van der Waals surface area contributed by atoms with E-state index >= 15 is 0 Å². The Balaban J connectivity index is 1.68. The van der Waals surface area contributed by atoms with Gasteiger partial charge in [0.2, 0.25) is 5.91 Å². The van der Waals surface area contributed by atoms with Crippen LogP contribution in [0.2, 0.25) is 5.02 Å². The molecule has 1 aliphatic rings. The van der Waals surface area contributed by atoms with Gasteiger partial charge in [-0.2, -0.15) is 0 Å². The molecule has 0 aromatic heterocycles. The third-order valence-corrected chi connectivity index (χ3v) is 4.11. The first-order valence-corrected chi connectivity index (χ1v) is 8.34. The summed E-state index contributed by atoms with van der Waals surface area (Å²) < 4.78 is 37.6. The lowest BCUT2D eigenvalue weighted by Gasteiger charge is -2.19. The summed E-state index contributed by atoms with van der Waals surface area (Å²) in [5.74, 6) is -0.793. The van der Waals surface area contributed by atoms with E-state index in [1.165, 1.54) is 12.1 Å². The molecule has 4 nitrogen and oxygen atoms in total. The summed E-state index contributed by atoms with van der Waals surface area (Å²) in [6.45, 7) is 2.48. The molecule has 2 aromatic rings. The van der Waals surface area contributed by atoms with Crippen molar-refractivity contribution in [3.8, 4) is 11.5 Å². The number of carbonyl (C=O) groups is 1. The third-order valence-electron chi connectivity index (χ3n) is 3.83. The molecule has 0 radical (unpaired) electrons. The van der Waals surface area contributed by atoms with Crippen LogP contribution >= 0.6 is 11.6 Å². The Hall–Kier alpha value is -2.60. The van der Waals surface area contributed by atoms with Crippen molar-refractivity contribution in [2.24, 2.45) is 0 Å². The van der Waals surface area contributed by atoms with Gasteiger partial charge in [0.15, 0.2) is 11.5 Å². The van der Waals surface area contributed by atoms with Gasteiger partial charge in [-0.3, -0.25) is 4.79 Å². The van der Waals surface area contributed by atoms with Crippen LogP contribution in [0, 0.1) is 11.6 Å². The molecule has 0 saturated heterocycles. The van der Waals surface area contributed by atoms with Gasteiger partial charge >= 0.3 is 0 Å². The standard InChI is InChI=1S/C19H16ClF2NO3/c1-11(14-4-3-13(21)10-16(14)22)23-18(24)5-2-12-8-15(20)19-17(9-12)25-6-7-26-19/h2-5,8-11H,6-7H2,1H3,(H,23,24)/b5-2+. The molecule has 1 N–H and O–H groups in total. The van der Waals surface area contributed by atoms with Crippen molar-refractivity contribution in [1.82, 2.24) is 5.32 Å². The maximum atomic E-state index is 13.8. The van der Waals surface area contributed by atoms with Gasteiger partial charge in [-0.15, -0.1) is 0 Å². The zero-order chi connectivity index (χ0) is 18.7. The Bertz CT molecular complexity index is 870. The normalized spacial score (nSPS) is 14.3. The van der Waals surface area contributed by atoms with E-state index in [0.717, 1.165) is 12.1 Å². The lowest BCUT2D eigenvalue weighted by molar-refractivity contribution is -0.117. The Morgan fingerprint density at radius 1 is 1.23 bits per heavy atom. The first-order chi connectivity index (χ1) is 12.4. The smallest absolute Gasteiger partial charge is 0.244 e. The number of ether oxygens (including phenoxy) is 2. The van der Waals surface area contributed by atoms with Crippen molar-refractivity contribution >= 4 is 23.6 Å². The minimum Gasteiger partial charge on any atom is -0.486 e.